The Morgan fingerprint density at radius 2 is 1.00 bits per heavy atom. The number of aliphatic hydroxyl groups is 8. The molecule has 2 heterocycles. The van der Waals surface area contributed by atoms with E-state index in [1.54, 1.807) is 0 Å². The Labute approximate surface area is 202 Å². The zero-order valence-electron chi connectivity index (χ0n) is 19.0. The number of carbonyl (C=O) groups is 2. The number of nitrogens with zero attached hydrogens (tertiary/aromatic N) is 4. The monoisotopic (exact) mass is 530 g/mol. The van der Waals surface area contributed by atoms with Crippen LogP contribution in [0.1, 0.15) is 0 Å². The van der Waals surface area contributed by atoms with Crippen LogP contribution in [0.2, 0.25) is 0 Å². The van der Waals surface area contributed by atoms with Gasteiger partial charge in [-0.05, 0) is 0 Å². The lowest BCUT2D eigenvalue weighted by atomic mass is 9.97. The molecule has 2 rings (SSSR count). The summed E-state index contributed by atoms with van der Waals surface area (Å²) in [6, 6.07) is -4.66. The van der Waals surface area contributed by atoms with Gasteiger partial charge in [0.05, 0.1) is 23.8 Å². The first-order valence-electron chi connectivity index (χ1n) is 10.2. The van der Waals surface area contributed by atoms with E-state index in [0.717, 1.165) is 14.1 Å². The highest BCUT2D eigenvalue weighted by Gasteiger charge is 2.45. The highest BCUT2D eigenvalue weighted by molar-refractivity contribution is 5.74. The van der Waals surface area contributed by atoms with E-state index in [1.807, 2.05) is 0 Å². The smallest absolute Gasteiger partial charge is 0.340 e. The summed E-state index contributed by atoms with van der Waals surface area (Å²) in [5, 5.41) is 84.7. The molecule has 2 fully saturated rings. The Balaban J connectivity index is 0.000000360. The number of carbonyl (C=O) groups excluding carboxylic acids is 2. The van der Waals surface area contributed by atoms with Crippen LogP contribution in [0.4, 0.5) is 9.59 Å². The Bertz CT molecular complexity index is 690. The van der Waals surface area contributed by atoms with E-state index in [1.165, 1.54) is 0 Å². The van der Waals surface area contributed by atoms with E-state index in [0.29, 0.717) is 10.0 Å². The standard InChI is InChI=1S/2C8H15N3O7/c2*1-11(10-17)8(16)9-4-6(14)5(13)3(2-12)18-7(4)15/h2*3-7,12-15H,2H2,1H3,(H,9,16)/t2*3-,4-,5-,6-,7+/m11/s1. The fourth-order valence-corrected chi connectivity index (χ4v) is 3.05. The van der Waals surface area contributed by atoms with Crippen LogP contribution >= 0.6 is 0 Å². The van der Waals surface area contributed by atoms with Crippen molar-refractivity contribution in [1.29, 1.82) is 0 Å². The first kappa shape index (κ1) is 31.4. The number of urea groups is 2. The third-order valence-corrected chi connectivity index (χ3v) is 5.21. The van der Waals surface area contributed by atoms with E-state index in [9.17, 15) is 50.0 Å². The summed E-state index contributed by atoms with van der Waals surface area (Å²) < 4.78 is 9.60. The second-order valence-corrected chi connectivity index (χ2v) is 7.62. The lowest BCUT2D eigenvalue weighted by Crippen LogP contribution is -2.64. The van der Waals surface area contributed by atoms with Gasteiger partial charge in [0.15, 0.2) is 12.6 Å². The second-order valence-electron chi connectivity index (χ2n) is 7.62. The van der Waals surface area contributed by atoms with Gasteiger partial charge in [0.2, 0.25) is 0 Å². The van der Waals surface area contributed by atoms with Gasteiger partial charge in [0.25, 0.3) is 0 Å². The molecule has 0 bridgehead atoms. The number of aliphatic hydroxyl groups excluding tert-OH is 8. The summed E-state index contributed by atoms with van der Waals surface area (Å²) in [5.41, 5.74) is 0. The van der Waals surface area contributed by atoms with Crippen LogP contribution < -0.4 is 10.6 Å². The zero-order valence-corrected chi connectivity index (χ0v) is 19.0. The molecule has 10 N–H and O–H groups in total. The molecule has 0 aromatic rings. The van der Waals surface area contributed by atoms with Crippen molar-refractivity contribution in [2.75, 3.05) is 27.3 Å². The summed E-state index contributed by atoms with van der Waals surface area (Å²) in [7, 11) is 2.13. The van der Waals surface area contributed by atoms with Gasteiger partial charge in [-0.1, -0.05) is 0 Å². The number of rotatable bonds is 6. The van der Waals surface area contributed by atoms with Gasteiger partial charge < -0.3 is 61.0 Å². The third-order valence-electron chi connectivity index (χ3n) is 5.21. The molecule has 20 nitrogen and oxygen atoms in total. The molecule has 208 valence electrons. The van der Waals surface area contributed by atoms with Crippen molar-refractivity contribution < 1.29 is 59.9 Å². The molecule has 10 atom stereocenters. The third kappa shape index (κ3) is 7.67. The van der Waals surface area contributed by atoms with Crippen LogP contribution in [-0.2, 0) is 9.47 Å². The molecule has 0 aliphatic carbocycles. The number of amides is 4. The van der Waals surface area contributed by atoms with Crippen molar-refractivity contribution in [3.63, 3.8) is 0 Å². The van der Waals surface area contributed by atoms with Crippen molar-refractivity contribution in [1.82, 2.24) is 20.7 Å². The topological polar surface area (TPSA) is 304 Å². The molecule has 2 aliphatic heterocycles. The van der Waals surface area contributed by atoms with Crippen LogP contribution in [0, 0.1) is 9.81 Å². The van der Waals surface area contributed by atoms with E-state index < -0.39 is 86.6 Å². The molecule has 0 unspecified atom stereocenters. The van der Waals surface area contributed by atoms with Crippen LogP contribution in [0.25, 0.3) is 0 Å². The van der Waals surface area contributed by atoms with Gasteiger partial charge in [-0.3, -0.25) is 0 Å². The van der Waals surface area contributed by atoms with E-state index in [-0.39, 0.29) is 0 Å². The van der Waals surface area contributed by atoms with Crippen molar-refractivity contribution >= 4 is 12.1 Å². The van der Waals surface area contributed by atoms with Gasteiger partial charge in [0.1, 0.15) is 48.7 Å². The molecule has 20 heteroatoms. The highest BCUT2D eigenvalue weighted by atomic mass is 16.6. The predicted molar refractivity (Wildman–Crippen MR) is 112 cm³/mol. The molecular formula is C16H30N6O14. The van der Waals surface area contributed by atoms with Crippen LogP contribution in [0.5, 0.6) is 0 Å². The maximum absolute atomic E-state index is 11.3. The molecule has 2 aliphatic rings. The Morgan fingerprint density at radius 1 is 0.694 bits per heavy atom. The van der Waals surface area contributed by atoms with E-state index in [2.05, 4.69) is 21.2 Å². The molecule has 36 heavy (non-hydrogen) atoms. The lowest BCUT2D eigenvalue weighted by Gasteiger charge is -2.40. The van der Waals surface area contributed by atoms with Gasteiger partial charge >= 0.3 is 12.1 Å². The van der Waals surface area contributed by atoms with Gasteiger partial charge in [0, 0.05) is 14.1 Å². The lowest BCUT2D eigenvalue weighted by molar-refractivity contribution is -0.252. The van der Waals surface area contributed by atoms with Crippen molar-refractivity contribution in [2.24, 2.45) is 10.6 Å². The Kier molecular flexibility index (Phi) is 12.4. The summed E-state index contributed by atoms with van der Waals surface area (Å²) in [4.78, 5) is 42.8. The number of nitroso groups, excluding NO2 is 2. The van der Waals surface area contributed by atoms with Crippen molar-refractivity contribution in [2.45, 2.75) is 61.3 Å². The van der Waals surface area contributed by atoms with Crippen LogP contribution in [0.3, 0.4) is 0 Å². The van der Waals surface area contributed by atoms with Gasteiger partial charge in [-0.15, -0.1) is 9.81 Å². The first-order chi connectivity index (χ1) is 16.8. The first-order valence-corrected chi connectivity index (χ1v) is 10.2. The maximum atomic E-state index is 11.3. The minimum absolute atomic E-state index is 0.407. The minimum atomic E-state index is -1.63. The Morgan fingerprint density at radius 3 is 1.25 bits per heavy atom. The van der Waals surface area contributed by atoms with Crippen LogP contribution in [-0.4, -0.2) is 152 Å². The molecular weight excluding hydrogens is 500 g/mol. The van der Waals surface area contributed by atoms with Gasteiger partial charge in [-0.25, -0.2) is 9.59 Å². The average Bonchev–Trinajstić information content (AvgIpc) is 2.87. The normalized spacial score (nSPS) is 35.9. The second kappa shape index (κ2) is 14.2. The molecule has 0 saturated carbocycles. The molecule has 2 saturated heterocycles. The number of hydrogen-bond donors (Lipinski definition) is 10. The quantitative estimate of drug-likeness (QED) is 0.113. The molecule has 4 amide bonds. The number of hydrogen-bond acceptors (Lipinski definition) is 16. The van der Waals surface area contributed by atoms with Crippen LogP contribution in [0.15, 0.2) is 10.6 Å². The summed E-state index contributed by atoms with van der Waals surface area (Å²) in [5.74, 6) is 0. The van der Waals surface area contributed by atoms with Gasteiger partial charge in [-0.2, -0.15) is 10.0 Å². The zero-order chi connectivity index (χ0) is 27.7. The predicted octanol–water partition coefficient (Wildman–Crippen LogP) is -5.78. The number of nitrogens with one attached hydrogen (secondary N) is 2. The average molecular weight is 530 g/mol. The molecule has 0 spiro atoms. The van der Waals surface area contributed by atoms with Crippen molar-refractivity contribution in [3.8, 4) is 0 Å². The molecule has 0 aromatic heterocycles. The maximum Gasteiger partial charge on any atom is 0.340 e. The molecule has 0 radical (unpaired) electrons. The fraction of sp³-hybridized carbons (Fsp3) is 0.875. The van der Waals surface area contributed by atoms with E-state index in [4.69, 9.17) is 19.7 Å². The van der Waals surface area contributed by atoms with Crippen molar-refractivity contribution in [3.05, 3.63) is 9.81 Å². The number of ether oxygens (including phenoxy) is 2. The highest BCUT2D eigenvalue weighted by Crippen LogP contribution is 2.21. The van der Waals surface area contributed by atoms with E-state index >= 15 is 0 Å². The largest absolute Gasteiger partial charge is 0.394 e. The summed E-state index contributed by atoms with van der Waals surface area (Å²) in [6.45, 7) is -1.21. The summed E-state index contributed by atoms with van der Waals surface area (Å²) in [6.07, 6.45) is -11.7. The minimum Gasteiger partial charge on any atom is -0.394 e. The Hall–Kier alpha value is -2.66. The molecule has 0 aromatic carbocycles. The fourth-order valence-electron chi connectivity index (χ4n) is 3.05. The summed E-state index contributed by atoms with van der Waals surface area (Å²) >= 11 is 0. The SMILES string of the molecule is CN(N=O)C(=O)N[C@@H]1[C@@H](O)[C@H](O)[C@@H](CO)O[C@@H]1O.CN(N=O)C(=O)N[C@@H]1[C@@H](O)[C@H](O)[C@@H](CO)O[C@@H]1O.